The largest absolute Gasteiger partial charge is 0.481 e. The first-order chi connectivity index (χ1) is 12.0. The maximum Gasteiger partial charge on any atom is 0.303 e. The Balaban J connectivity index is 1.89. The van der Waals surface area contributed by atoms with E-state index in [4.69, 9.17) is 5.11 Å². The van der Waals surface area contributed by atoms with Gasteiger partial charge in [0.25, 0.3) is 0 Å². The number of hydrogen-bond donors (Lipinski definition) is 4. The Morgan fingerprint density at radius 2 is 2.16 bits per heavy atom. The zero-order valence-electron chi connectivity index (χ0n) is 15.1. The molecule has 1 aliphatic carbocycles. The van der Waals surface area contributed by atoms with Gasteiger partial charge in [0.15, 0.2) is 0 Å². The van der Waals surface area contributed by atoms with Crippen LogP contribution < -0.4 is 0 Å². The minimum atomic E-state index is -0.750. The summed E-state index contributed by atoms with van der Waals surface area (Å²) in [6.07, 6.45) is 10.1. The Labute approximate surface area is 149 Å². The molecule has 3 atom stereocenters. The molecule has 4 N–H and O–H groups in total. The van der Waals surface area contributed by atoms with Gasteiger partial charge in [0, 0.05) is 30.1 Å². The number of fused-ring (bicyclic) bond motifs is 1. The summed E-state index contributed by atoms with van der Waals surface area (Å²) in [5.41, 5.74) is 3.28. The molecule has 0 unspecified atom stereocenters. The van der Waals surface area contributed by atoms with Gasteiger partial charge in [0.05, 0.1) is 12.2 Å². The molecule has 0 aliphatic heterocycles. The van der Waals surface area contributed by atoms with Crippen LogP contribution in [0.5, 0.6) is 0 Å². The van der Waals surface area contributed by atoms with Gasteiger partial charge in [-0.05, 0) is 37.3 Å². The van der Waals surface area contributed by atoms with Crippen molar-refractivity contribution in [3.8, 4) is 0 Å². The summed E-state index contributed by atoms with van der Waals surface area (Å²) in [6, 6.07) is 2.09. The summed E-state index contributed by atoms with van der Waals surface area (Å²) in [7, 11) is 0. The van der Waals surface area contributed by atoms with E-state index in [2.05, 4.69) is 18.0 Å². The van der Waals surface area contributed by atoms with E-state index in [1.165, 1.54) is 0 Å². The van der Waals surface area contributed by atoms with Crippen LogP contribution in [0.3, 0.4) is 0 Å². The van der Waals surface area contributed by atoms with Crippen molar-refractivity contribution in [1.82, 2.24) is 4.98 Å². The second kappa shape index (κ2) is 9.78. The normalized spacial score (nSPS) is 20.9. The summed E-state index contributed by atoms with van der Waals surface area (Å²) >= 11 is 0. The van der Waals surface area contributed by atoms with Gasteiger partial charge in [-0.15, -0.1) is 0 Å². The molecule has 25 heavy (non-hydrogen) atoms. The molecule has 140 valence electrons. The Morgan fingerprint density at radius 3 is 2.88 bits per heavy atom. The summed E-state index contributed by atoms with van der Waals surface area (Å²) in [6.45, 7) is 2.14. The average Bonchev–Trinajstić information content (AvgIpc) is 3.06. The molecule has 1 aromatic rings. The van der Waals surface area contributed by atoms with Crippen LogP contribution in [0.15, 0.2) is 18.2 Å². The van der Waals surface area contributed by atoms with Gasteiger partial charge in [-0.2, -0.15) is 0 Å². The Morgan fingerprint density at radius 1 is 1.36 bits per heavy atom. The van der Waals surface area contributed by atoms with E-state index >= 15 is 0 Å². The number of carboxylic acids is 1. The molecule has 2 rings (SSSR count). The maximum atomic E-state index is 10.5. The first-order valence-corrected chi connectivity index (χ1v) is 9.48. The monoisotopic (exact) mass is 349 g/mol. The van der Waals surface area contributed by atoms with E-state index in [0.29, 0.717) is 12.8 Å². The quantitative estimate of drug-likeness (QED) is 0.364. The molecule has 0 saturated heterocycles. The SMILES string of the molecule is CCCCC[C@H](O)/C=C/[C@@H]1c2cc(CCCCC(=O)O)[nH]c2C[C@H]1O. The molecular weight excluding hydrogens is 318 g/mol. The lowest BCUT2D eigenvalue weighted by Gasteiger charge is -2.12. The molecule has 0 saturated carbocycles. The van der Waals surface area contributed by atoms with Crippen LogP contribution in [0.2, 0.25) is 0 Å². The average molecular weight is 349 g/mol. The molecule has 0 amide bonds. The topological polar surface area (TPSA) is 93.5 Å². The number of nitrogens with one attached hydrogen (secondary N) is 1. The molecular formula is C20H31NO4. The molecule has 5 heteroatoms. The highest BCUT2D eigenvalue weighted by Crippen LogP contribution is 2.35. The molecule has 5 nitrogen and oxygen atoms in total. The van der Waals surface area contributed by atoms with Crippen LogP contribution in [-0.4, -0.2) is 38.5 Å². The van der Waals surface area contributed by atoms with Crippen LogP contribution in [0, 0.1) is 0 Å². The van der Waals surface area contributed by atoms with Crippen LogP contribution in [-0.2, 0) is 17.6 Å². The second-order valence-corrected chi connectivity index (χ2v) is 7.07. The number of aromatic amines is 1. The molecule has 0 spiro atoms. The first kappa shape index (κ1) is 19.7. The number of H-pyrrole nitrogens is 1. The van der Waals surface area contributed by atoms with E-state index in [-0.39, 0.29) is 12.3 Å². The minimum Gasteiger partial charge on any atom is -0.481 e. The highest BCUT2D eigenvalue weighted by molar-refractivity contribution is 5.66. The second-order valence-electron chi connectivity index (χ2n) is 7.07. The van der Waals surface area contributed by atoms with Gasteiger partial charge in [-0.25, -0.2) is 0 Å². The Bertz CT molecular complexity index is 578. The van der Waals surface area contributed by atoms with Gasteiger partial charge in [-0.3, -0.25) is 4.79 Å². The van der Waals surface area contributed by atoms with Crippen LogP contribution in [0.1, 0.15) is 74.7 Å². The van der Waals surface area contributed by atoms with Gasteiger partial charge in [-0.1, -0.05) is 38.3 Å². The van der Waals surface area contributed by atoms with Crippen molar-refractivity contribution in [2.45, 2.75) is 82.8 Å². The van der Waals surface area contributed by atoms with Crippen molar-refractivity contribution >= 4 is 5.97 Å². The number of carbonyl (C=O) groups is 1. The lowest BCUT2D eigenvalue weighted by atomic mass is 9.98. The van der Waals surface area contributed by atoms with E-state index in [9.17, 15) is 15.0 Å². The highest BCUT2D eigenvalue weighted by atomic mass is 16.4. The molecule has 0 bridgehead atoms. The van der Waals surface area contributed by atoms with Gasteiger partial charge in [0.1, 0.15) is 0 Å². The highest BCUT2D eigenvalue weighted by Gasteiger charge is 2.31. The number of aliphatic carboxylic acids is 1. The van der Waals surface area contributed by atoms with Gasteiger partial charge in [0.2, 0.25) is 0 Å². The van der Waals surface area contributed by atoms with E-state index in [0.717, 1.165) is 55.5 Å². The summed E-state index contributed by atoms with van der Waals surface area (Å²) < 4.78 is 0. The number of carboxylic acid groups (broad SMARTS) is 1. The third-order valence-corrected chi connectivity index (χ3v) is 4.91. The number of aliphatic hydroxyl groups excluding tert-OH is 2. The molecule has 0 fully saturated rings. The first-order valence-electron chi connectivity index (χ1n) is 9.48. The number of aliphatic hydroxyl groups is 2. The third kappa shape index (κ3) is 6.01. The fraction of sp³-hybridized carbons (Fsp3) is 0.650. The smallest absolute Gasteiger partial charge is 0.303 e. The standard InChI is InChI=1S/C20H31NO4/c1-2-3-4-8-15(22)10-11-16-17-12-14(7-5-6-9-20(24)25)21-18(17)13-19(16)23/h10-12,15-16,19,21-23H,2-9,13H2,1H3,(H,24,25)/b11-10+/t15-,16+,19+/m0/s1. The van der Waals surface area contributed by atoms with Crippen molar-refractivity contribution < 1.29 is 20.1 Å². The van der Waals surface area contributed by atoms with Crippen molar-refractivity contribution in [2.24, 2.45) is 0 Å². The van der Waals surface area contributed by atoms with Crippen LogP contribution in [0.25, 0.3) is 0 Å². The molecule has 0 aromatic carbocycles. The fourth-order valence-corrected chi connectivity index (χ4v) is 3.49. The van der Waals surface area contributed by atoms with Crippen molar-refractivity contribution in [3.05, 3.63) is 35.2 Å². The predicted octanol–water partition coefficient (Wildman–Crippen LogP) is 3.31. The number of rotatable bonds is 11. The van der Waals surface area contributed by atoms with Crippen LogP contribution >= 0.6 is 0 Å². The van der Waals surface area contributed by atoms with Crippen molar-refractivity contribution in [2.75, 3.05) is 0 Å². The number of aryl methyl sites for hydroxylation is 1. The summed E-state index contributed by atoms with van der Waals surface area (Å²) in [5.74, 6) is -0.820. The molecule has 0 radical (unpaired) electrons. The lowest BCUT2D eigenvalue weighted by Crippen LogP contribution is -2.13. The zero-order chi connectivity index (χ0) is 18.2. The fourth-order valence-electron chi connectivity index (χ4n) is 3.49. The van der Waals surface area contributed by atoms with Gasteiger partial charge >= 0.3 is 5.97 Å². The van der Waals surface area contributed by atoms with Crippen LogP contribution in [0.4, 0.5) is 0 Å². The number of unbranched alkanes of at least 4 members (excludes halogenated alkanes) is 3. The Hall–Kier alpha value is -1.59. The Kier molecular flexibility index (Phi) is 7.72. The third-order valence-electron chi connectivity index (χ3n) is 4.91. The zero-order valence-corrected chi connectivity index (χ0v) is 15.1. The lowest BCUT2D eigenvalue weighted by molar-refractivity contribution is -0.137. The maximum absolute atomic E-state index is 10.5. The van der Waals surface area contributed by atoms with Crippen molar-refractivity contribution in [1.29, 1.82) is 0 Å². The van der Waals surface area contributed by atoms with E-state index < -0.39 is 18.2 Å². The van der Waals surface area contributed by atoms with E-state index in [1.807, 2.05) is 12.2 Å². The molecule has 1 heterocycles. The molecule has 1 aliphatic rings. The minimum absolute atomic E-state index is 0.0696. The summed E-state index contributed by atoms with van der Waals surface area (Å²) in [5, 5.41) is 29.0. The van der Waals surface area contributed by atoms with E-state index in [1.54, 1.807) is 0 Å². The number of aromatic nitrogens is 1. The number of hydrogen-bond acceptors (Lipinski definition) is 3. The predicted molar refractivity (Wildman–Crippen MR) is 97.7 cm³/mol. The van der Waals surface area contributed by atoms with Gasteiger partial charge < -0.3 is 20.3 Å². The summed E-state index contributed by atoms with van der Waals surface area (Å²) in [4.78, 5) is 13.9. The molecule has 1 aromatic heterocycles. The van der Waals surface area contributed by atoms with Crippen molar-refractivity contribution in [3.63, 3.8) is 0 Å².